The van der Waals surface area contributed by atoms with Gasteiger partial charge in [0.1, 0.15) is 6.61 Å². The summed E-state index contributed by atoms with van der Waals surface area (Å²) in [6, 6.07) is 0. The van der Waals surface area contributed by atoms with E-state index < -0.39 is 6.10 Å². The zero-order chi connectivity index (χ0) is 41.4. The van der Waals surface area contributed by atoms with Crippen LogP contribution in [0.15, 0.2) is 24.3 Å². The molecule has 0 bridgehead atoms. The summed E-state index contributed by atoms with van der Waals surface area (Å²) in [5.41, 5.74) is 0. The molecule has 0 aromatic heterocycles. The standard InChI is InChI=1S/C52H98O5/c1-3-5-7-9-11-13-15-17-19-20-21-22-23-24-25-26-27-28-29-30-31-32-33-35-36-38-40-42-44-46-51(54)56-49-50(48-53)57-52(55)47-45-43-41-39-37-34-18-16-14-12-10-8-6-4-2/h10,12,16,18,50,53H,3-9,11,13-15,17,19-49H2,1-2H3/b12-10-,18-16-. The molecule has 0 spiro atoms. The minimum absolute atomic E-state index is 0.0668. The molecule has 1 N–H and O–H groups in total. The Morgan fingerprint density at radius 1 is 0.404 bits per heavy atom. The van der Waals surface area contributed by atoms with Crippen molar-refractivity contribution in [3.63, 3.8) is 0 Å². The summed E-state index contributed by atoms with van der Waals surface area (Å²) in [5.74, 6) is -0.594. The van der Waals surface area contributed by atoms with Crippen molar-refractivity contribution in [2.24, 2.45) is 0 Å². The maximum absolute atomic E-state index is 12.2. The predicted octanol–water partition coefficient (Wildman–Crippen LogP) is 16.6. The Morgan fingerprint density at radius 2 is 0.719 bits per heavy atom. The predicted molar refractivity (Wildman–Crippen MR) is 247 cm³/mol. The largest absolute Gasteiger partial charge is 0.462 e. The third kappa shape index (κ3) is 46.9. The number of carbonyl (C=O) groups is 2. The molecular weight excluding hydrogens is 705 g/mol. The molecule has 0 aliphatic rings. The lowest BCUT2D eigenvalue weighted by molar-refractivity contribution is -0.161. The molecule has 0 radical (unpaired) electrons. The Balaban J connectivity index is 3.41. The lowest BCUT2D eigenvalue weighted by Gasteiger charge is -2.15. The van der Waals surface area contributed by atoms with Crippen LogP contribution in [0.25, 0.3) is 0 Å². The molecule has 1 atom stereocenters. The molecule has 5 nitrogen and oxygen atoms in total. The minimum Gasteiger partial charge on any atom is -0.462 e. The van der Waals surface area contributed by atoms with Crippen LogP contribution >= 0.6 is 0 Å². The van der Waals surface area contributed by atoms with E-state index in [4.69, 9.17) is 9.47 Å². The van der Waals surface area contributed by atoms with E-state index in [1.165, 1.54) is 199 Å². The fourth-order valence-electron chi connectivity index (χ4n) is 7.63. The van der Waals surface area contributed by atoms with Crippen molar-refractivity contribution >= 4 is 11.9 Å². The van der Waals surface area contributed by atoms with Crippen LogP contribution < -0.4 is 0 Å². The van der Waals surface area contributed by atoms with Crippen LogP contribution in [0.5, 0.6) is 0 Å². The third-order valence-electron chi connectivity index (χ3n) is 11.5. The third-order valence-corrected chi connectivity index (χ3v) is 11.5. The summed E-state index contributed by atoms with van der Waals surface area (Å²) < 4.78 is 10.6. The van der Waals surface area contributed by atoms with Crippen molar-refractivity contribution in [3.05, 3.63) is 24.3 Å². The van der Waals surface area contributed by atoms with Crippen molar-refractivity contribution in [1.29, 1.82) is 0 Å². The minimum atomic E-state index is -0.775. The number of aliphatic hydroxyl groups excluding tert-OH is 1. The molecule has 0 saturated carbocycles. The van der Waals surface area contributed by atoms with Crippen molar-refractivity contribution < 1.29 is 24.2 Å². The molecule has 0 fully saturated rings. The summed E-state index contributed by atoms with van der Waals surface area (Å²) in [6.45, 7) is 4.12. The van der Waals surface area contributed by atoms with E-state index >= 15 is 0 Å². The number of esters is 2. The van der Waals surface area contributed by atoms with Gasteiger partial charge in [0.25, 0.3) is 0 Å². The van der Waals surface area contributed by atoms with E-state index in [9.17, 15) is 14.7 Å². The molecule has 5 heteroatoms. The summed E-state index contributed by atoms with van der Waals surface area (Å²) >= 11 is 0. The summed E-state index contributed by atoms with van der Waals surface area (Å²) in [5, 5.41) is 9.59. The average molecular weight is 803 g/mol. The number of aliphatic hydroxyl groups is 1. The van der Waals surface area contributed by atoms with Crippen LogP contribution in [-0.4, -0.2) is 36.4 Å². The average Bonchev–Trinajstić information content (AvgIpc) is 3.21. The molecule has 0 aliphatic heterocycles. The molecule has 0 aromatic rings. The van der Waals surface area contributed by atoms with Crippen molar-refractivity contribution in [1.82, 2.24) is 0 Å². The number of hydrogen-bond acceptors (Lipinski definition) is 5. The van der Waals surface area contributed by atoms with E-state index in [0.717, 1.165) is 51.4 Å². The zero-order valence-corrected chi connectivity index (χ0v) is 38.4. The number of hydrogen-bond donors (Lipinski definition) is 1. The van der Waals surface area contributed by atoms with Crippen molar-refractivity contribution in [3.8, 4) is 0 Å². The van der Waals surface area contributed by atoms with E-state index in [1.54, 1.807) is 0 Å². The Labute approximate surface area is 355 Å². The van der Waals surface area contributed by atoms with Gasteiger partial charge in [-0.3, -0.25) is 9.59 Å². The highest BCUT2D eigenvalue weighted by Gasteiger charge is 2.16. The molecule has 0 amide bonds. The van der Waals surface area contributed by atoms with Gasteiger partial charge in [-0.15, -0.1) is 0 Å². The molecule has 57 heavy (non-hydrogen) atoms. The number of rotatable bonds is 47. The Bertz CT molecular complexity index is 867. The first-order valence-corrected chi connectivity index (χ1v) is 25.4. The second-order valence-corrected chi connectivity index (χ2v) is 17.3. The highest BCUT2D eigenvalue weighted by molar-refractivity contribution is 5.70. The topological polar surface area (TPSA) is 72.8 Å². The second kappa shape index (κ2) is 48.7. The van der Waals surface area contributed by atoms with Gasteiger partial charge in [-0.1, -0.05) is 250 Å². The second-order valence-electron chi connectivity index (χ2n) is 17.3. The lowest BCUT2D eigenvalue weighted by atomic mass is 10.0. The van der Waals surface area contributed by atoms with Gasteiger partial charge in [0.2, 0.25) is 0 Å². The zero-order valence-electron chi connectivity index (χ0n) is 38.4. The Kier molecular flexibility index (Phi) is 47.4. The highest BCUT2D eigenvalue weighted by Crippen LogP contribution is 2.17. The fraction of sp³-hybridized carbons (Fsp3) is 0.885. The van der Waals surface area contributed by atoms with Gasteiger partial charge in [0.05, 0.1) is 6.61 Å². The molecule has 0 rings (SSSR count). The smallest absolute Gasteiger partial charge is 0.306 e. The number of carbonyl (C=O) groups excluding carboxylic acids is 2. The molecule has 0 aliphatic carbocycles. The first-order chi connectivity index (χ1) is 28.1. The maximum Gasteiger partial charge on any atom is 0.306 e. The molecular formula is C52H98O5. The highest BCUT2D eigenvalue weighted by atomic mass is 16.6. The number of unbranched alkanes of at least 4 members (excludes halogenated alkanes) is 35. The normalized spacial score (nSPS) is 12.3. The van der Waals surface area contributed by atoms with Gasteiger partial charge in [-0.05, 0) is 38.5 Å². The van der Waals surface area contributed by atoms with Crippen LogP contribution in [0.4, 0.5) is 0 Å². The van der Waals surface area contributed by atoms with Crippen LogP contribution in [-0.2, 0) is 19.1 Å². The summed E-state index contributed by atoms with van der Waals surface area (Å²) in [7, 11) is 0. The summed E-state index contributed by atoms with van der Waals surface area (Å²) in [4.78, 5) is 24.4. The molecule has 0 saturated heterocycles. The van der Waals surface area contributed by atoms with Gasteiger partial charge in [0.15, 0.2) is 6.10 Å². The van der Waals surface area contributed by atoms with Gasteiger partial charge in [-0.25, -0.2) is 0 Å². The van der Waals surface area contributed by atoms with Gasteiger partial charge >= 0.3 is 11.9 Å². The first-order valence-electron chi connectivity index (χ1n) is 25.4. The van der Waals surface area contributed by atoms with Gasteiger partial charge in [-0.2, -0.15) is 0 Å². The van der Waals surface area contributed by atoms with Gasteiger partial charge < -0.3 is 14.6 Å². The van der Waals surface area contributed by atoms with Gasteiger partial charge in [0, 0.05) is 12.8 Å². The Morgan fingerprint density at radius 3 is 1.09 bits per heavy atom. The molecule has 1 unspecified atom stereocenters. The first kappa shape index (κ1) is 55.4. The maximum atomic E-state index is 12.2. The van der Waals surface area contributed by atoms with E-state index in [-0.39, 0.29) is 25.2 Å². The van der Waals surface area contributed by atoms with Crippen molar-refractivity contribution in [2.45, 2.75) is 283 Å². The lowest BCUT2D eigenvalue weighted by Crippen LogP contribution is -2.28. The SMILES string of the molecule is CCCC/C=C\C/C=C\CCCCCCCC(=O)OC(CO)COC(=O)CCCCCCCCCCCCCCCCCCCCCCCCCCCCCCC. The van der Waals surface area contributed by atoms with Crippen LogP contribution in [0, 0.1) is 0 Å². The van der Waals surface area contributed by atoms with Crippen LogP contribution in [0.1, 0.15) is 277 Å². The number of allylic oxidation sites excluding steroid dienone is 4. The quantitative estimate of drug-likeness (QED) is 0.0377. The Hall–Kier alpha value is -1.62. The summed E-state index contributed by atoms with van der Waals surface area (Å²) in [6.07, 6.45) is 60.0. The van der Waals surface area contributed by atoms with Crippen LogP contribution in [0.2, 0.25) is 0 Å². The van der Waals surface area contributed by atoms with Crippen LogP contribution in [0.3, 0.4) is 0 Å². The number of ether oxygens (including phenoxy) is 2. The molecule has 0 aromatic carbocycles. The fourth-order valence-corrected chi connectivity index (χ4v) is 7.63. The monoisotopic (exact) mass is 803 g/mol. The van der Waals surface area contributed by atoms with E-state index in [1.807, 2.05) is 0 Å². The van der Waals surface area contributed by atoms with Crippen molar-refractivity contribution in [2.75, 3.05) is 13.2 Å². The molecule has 336 valence electrons. The van der Waals surface area contributed by atoms with E-state index in [0.29, 0.717) is 12.8 Å². The van der Waals surface area contributed by atoms with E-state index in [2.05, 4.69) is 38.2 Å². The molecule has 0 heterocycles.